The smallest absolute Gasteiger partial charge is 0.120 e. The van der Waals surface area contributed by atoms with Gasteiger partial charge in [-0.05, 0) is 24.7 Å². The van der Waals surface area contributed by atoms with Gasteiger partial charge in [0.15, 0.2) is 0 Å². The molecule has 1 saturated carbocycles. The molecule has 1 rings (SSSR count). The van der Waals surface area contributed by atoms with Crippen LogP contribution in [0.15, 0.2) is 0 Å². The third-order valence-corrected chi connectivity index (χ3v) is 2.99. The second-order valence-corrected chi connectivity index (χ2v) is 3.86. The van der Waals surface area contributed by atoms with Gasteiger partial charge >= 0.3 is 0 Å². The molecule has 1 aliphatic carbocycles. The van der Waals surface area contributed by atoms with Crippen LogP contribution in [0.1, 0.15) is 39.0 Å². The van der Waals surface area contributed by atoms with Crippen LogP contribution in [0.4, 0.5) is 0 Å². The lowest BCUT2D eigenvalue weighted by molar-refractivity contribution is -0.108. The van der Waals surface area contributed by atoms with Crippen LogP contribution < -0.4 is 5.73 Å². The van der Waals surface area contributed by atoms with E-state index in [1.54, 1.807) is 0 Å². The minimum Gasteiger partial charge on any atom is -0.327 e. The molecule has 1 atom stereocenters. The van der Waals surface area contributed by atoms with Crippen LogP contribution in [-0.4, -0.2) is 12.3 Å². The summed E-state index contributed by atoms with van der Waals surface area (Å²) in [6.07, 6.45) is 6.24. The van der Waals surface area contributed by atoms with Crippen molar-refractivity contribution in [2.24, 2.45) is 11.1 Å². The van der Waals surface area contributed by atoms with Gasteiger partial charge in [0.2, 0.25) is 0 Å². The Kier molecular flexibility index (Phi) is 2.66. The molecule has 2 nitrogen and oxygen atoms in total. The number of carbonyl (C=O) groups excluding carboxylic acids is 1. The van der Waals surface area contributed by atoms with E-state index < -0.39 is 0 Å². The predicted octanol–water partition coefficient (Wildman–Crippen LogP) is 1.48. The highest BCUT2D eigenvalue weighted by Gasteiger charge is 2.36. The molecule has 0 saturated heterocycles. The fourth-order valence-corrected chi connectivity index (χ4v) is 1.70. The average molecular weight is 155 g/mol. The number of hydrogen-bond donors (Lipinski definition) is 1. The van der Waals surface area contributed by atoms with Crippen LogP contribution in [0.3, 0.4) is 0 Å². The summed E-state index contributed by atoms with van der Waals surface area (Å²) in [5, 5.41) is 0. The lowest BCUT2D eigenvalue weighted by atomic mass is 9.65. The van der Waals surface area contributed by atoms with Crippen LogP contribution in [0, 0.1) is 5.41 Å². The van der Waals surface area contributed by atoms with Gasteiger partial charge in [0.1, 0.15) is 6.29 Å². The molecule has 1 aliphatic rings. The first-order chi connectivity index (χ1) is 5.19. The third kappa shape index (κ3) is 1.80. The van der Waals surface area contributed by atoms with E-state index in [1.165, 1.54) is 19.3 Å². The maximum absolute atomic E-state index is 10.1. The molecule has 0 aromatic carbocycles. The number of carbonyl (C=O) groups is 1. The van der Waals surface area contributed by atoms with Gasteiger partial charge in [-0.1, -0.05) is 13.3 Å². The maximum atomic E-state index is 10.1. The Labute approximate surface area is 68.2 Å². The normalized spacial score (nSPS) is 23.8. The van der Waals surface area contributed by atoms with Crippen LogP contribution in [-0.2, 0) is 4.79 Å². The largest absolute Gasteiger partial charge is 0.327 e. The molecule has 0 aromatic rings. The van der Waals surface area contributed by atoms with Crippen LogP contribution in [0.5, 0.6) is 0 Å². The van der Waals surface area contributed by atoms with Gasteiger partial charge < -0.3 is 10.5 Å². The quantitative estimate of drug-likeness (QED) is 0.625. The van der Waals surface area contributed by atoms with Gasteiger partial charge in [-0.2, -0.15) is 0 Å². The Balaban J connectivity index is 2.27. The van der Waals surface area contributed by atoms with Gasteiger partial charge in [-0.25, -0.2) is 0 Å². The number of nitrogens with two attached hydrogens (primary N) is 1. The number of rotatable bonds is 4. The fourth-order valence-electron chi connectivity index (χ4n) is 1.70. The number of hydrogen-bond acceptors (Lipinski definition) is 2. The van der Waals surface area contributed by atoms with E-state index >= 15 is 0 Å². The topological polar surface area (TPSA) is 43.1 Å². The van der Waals surface area contributed by atoms with Crippen molar-refractivity contribution in [3.63, 3.8) is 0 Å². The maximum Gasteiger partial charge on any atom is 0.120 e. The van der Waals surface area contributed by atoms with Crippen molar-refractivity contribution in [1.29, 1.82) is 0 Å². The third-order valence-electron chi connectivity index (χ3n) is 2.99. The Hall–Kier alpha value is -0.370. The van der Waals surface area contributed by atoms with Crippen molar-refractivity contribution in [3.05, 3.63) is 0 Å². The Bertz CT molecular complexity index is 140. The highest BCUT2D eigenvalue weighted by Crippen LogP contribution is 2.43. The summed E-state index contributed by atoms with van der Waals surface area (Å²) in [4.78, 5) is 10.1. The van der Waals surface area contributed by atoms with Crippen molar-refractivity contribution in [1.82, 2.24) is 0 Å². The first-order valence-electron chi connectivity index (χ1n) is 4.38. The SMILES string of the molecule is CC1(C(N)CCC=O)CCC1. The Morgan fingerprint density at radius 3 is 2.64 bits per heavy atom. The summed E-state index contributed by atoms with van der Waals surface area (Å²) in [6, 6.07) is 0.237. The van der Waals surface area contributed by atoms with Crippen LogP contribution in [0.2, 0.25) is 0 Å². The lowest BCUT2D eigenvalue weighted by Gasteiger charge is -2.43. The summed E-state index contributed by atoms with van der Waals surface area (Å²) in [5.74, 6) is 0. The predicted molar refractivity (Wildman–Crippen MR) is 45.2 cm³/mol. The summed E-state index contributed by atoms with van der Waals surface area (Å²) >= 11 is 0. The first kappa shape index (κ1) is 8.72. The lowest BCUT2D eigenvalue weighted by Crippen LogP contribution is -2.44. The van der Waals surface area contributed by atoms with Crippen LogP contribution >= 0.6 is 0 Å². The van der Waals surface area contributed by atoms with Gasteiger partial charge in [0.05, 0.1) is 0 Å². The summed E-state index contributed by atoms with van der Waals surface area (Å²) < 4.78 is 0. The molecule has 0 aromatic heterocycles. The van der Waals surface area contributed by atoms with E-state index in [0.29, 0.717) is 11.8 Å². The molecule has 0 heterocycles. The van der Waals surface area contributed by atoms with E-state index in [2.05, 4.69) is 6.92 Å². The molecule has 1 unspecified atom stereocenters. The molecular weight excluding hydrogens is 138 g/mol. The van der Waals surface area contributed by atoms with Crippen molar-refractivity contribution >= 4 is 6.29 Å². The van der Waals surface area contributed by atoms with E-state index in [9.17, 15) is 4.79 Å². The molecule has 1 fully saturated rings. The summed E-state index contributed by atoms with van der Waals surface area (Å²) in [7, 11) is 0. The van der Waals surface area contributed by atoms with E-state index in [0.717, 1.165) is 12.7 Å². The molecule has 64 valence electrons. The first-order valence-corrected chi connectivity index (χ1v) is 4.38. The average Bonchev–Trinajstić information content (AvgIpc) is 1.95. The van der Waals surface area contributed by atoms with Crippen LogP contribution in [0.25, 0.3) is 0 Å². The monoisotopic (exact) mass is 155 g/mol. The summed E-state index contributed by atoms with van der Waals surface area (Å²) in [5.41, 5.74) is 6.29. The Morgan fingerprint density at radius 2 is 2.27 bits per heavy atom. The zero-order chi connectivity index (χ0) is 8.32. The Morgan fingerprint density at radius 1 is 1.64 bits per heavy atom. The second kappa shape index (κ2) is 3.35. The van der Waals surface area contributed by atoms with Crippen molar-refractivity contribution < 1.29 is 4.79 Å². The van der Waals surface area contributed by atoms with E-state index in [4.69, 9.17) is 5.73 Å². The standard InChI is InChI=1S/C9H17NO/c1-9(5-3-6-9)8(10)4-2-7-11/h7-8H,2-6,10H2,1H3. The molecule has 0 aliphatic heterocycles. The zero-order valence-electron chi connectivity index (χ0n) is 7.18. The molecule has 0 bridgehead atoms. The zero-order valence-corrected chi connectivity index (χ0v) is 7.18. The van der Waals surface area contributed by atoms with Gasteiger partial charge in [0, 0.05) is 12.5 Å². The van der Waals surface area contributed by atoms with E-state index in [1.807, 2.05) is 0 Å². The molecule has 2 heteroatoms. The molecule has 0 spiro atoms. The highest BCUT2D eigenvalue weighted by molar-refractivity contribution is 5.49. The molecule has 0 amide bonds. The van der Waals surface area contributed by atoms with Gasteiger partial charge in [0.25, 0.3) is 0 Å². The molecule has 2 N–H and O–H groups in total. The highest BCUT2D eigenvalue weighted by atomic mass is 16.1. The number of aldehydes is 1. The summed E-state index contributed by atoms with van der Waals surface area (Å²) in [6.45, 7) is 2.23. The van der Waals surface area contributed by atoms with Crippen molar-refractivity contribution in [2.45, 2.75) is 45.1 Å². The van der Waals surface area contributed by atoms with Crippen molar-refractivity contribution in [2.75, 3.05) is 0 Å². The molecule has 0 radical (unpaired) electrons. The minimum absolute atomic E-state index is 0.237. The molecular formula is C9H17NO. The van der Waals surface area contributed by atoms with Crippen molar-refractivity contribution in [3.8, 4) is 0 Å². The van der Waals surface area contributed by atoms with Gasteiger partial charge in [-0.15, -0.1) is 0 Å². The second-order valence-electron chi connectivity index (χ2n) is 3.86. The van der Waals surface area contributed by atoms with E-state index in [-0.39, 0.29) is 6.04 Å². The van der Waals surface area contributed by atoms with Gasteiger partial charge in [-0.3, -0.25) is 0 Å². The molecule has 11 heavy (non-hydrogen) atoms. The minimum atomic E-state index is 0.237. The fraction of sp³-hybridized carbons (Fsp3) is 0.889.